The van der Waals surface area contributed by atoms with Crippen molar-refractivity contribution in [2.45, 2.75) is 45.0 Å². The van der Waals surface area contributed by atoms with Gasteiger partial charge in [0.1, 0.15) is 0 Å². The Kier molecular flexibility index (Phi) is 5.01. The maximum atomic E-state index is 10.2. The second kappa shape index (κ2) is 6.33. The highest BCUT2D eigenvalue weighted by atomic mass is 16.5. The fourth-order valence-electron chi connectivity index (χ4n) is 2.96. The van der Waals surface area contributed by atoms with Crippen molar-refractivity contribution in [1.82, 2.24) is 9.80 Å². The van der Waals surface area contributed by atoms with Gasteiger partial charge in [-0.1, -0.05) is 0 Å². The first-order chi connectivity index (χ1) is 8.52. The van der Waals surface area contributed by atoms with Crippen LogP contribution in [-0.2, 0) is 4.74 Å². The van der Waals surface area contributed by atoms with Gasteiger partial charge in [-0.2, -0.15) is 0 Å². The molecule has 2 aliphatic rings. The number of hydrogen-bond donors (Lipinski definition) is 1. The Morgan fingerprint density at radius 3 is 2.44 bits per heavy atom. The van der Waals surface area contributed by atoms with Gasteiger partial charge in [-0.05, 0) is 39.7 Å². The van der Waals surface area contributed by atoms with E-state index in [1.54, 1.807) is 0 Å². The lowest BCUT2D eigenvalue weighted by Crippen LogP contribution is -2.49. The van der Waals surface area contributed by atoms with Crippen LogP contribution >= 0.6 is 0 Å². The van der Waals surface area contributed by atoms with E-state index in [1.807, 2.05) is 0 Å². The average molecular weight is 256 g/mol. The molecule has 2 rings (SSSR count). The highest BCUT2D eigenvalue weighted by molar-refractivity contribution is 4.79. The van der Waals surface area contributed by atoms with Gasteiger partial charge in [-0.25, -0.2) is 0 Å². The van der Waals surface area contributed by atoms with E-state index in [-0.39, 0.29) is 18.3 Å². The average Bonchev–Trinajstić information content (AvgIpc) is 2.98. The number of likely N-dealkylation sites (N-methyl/N-ethyl adjacent to an activating group) is 1. The first-order valence-electron chi connectivity index (χ1n) is 7.27. The van der Waals surface area contributed by atoms with Crippen molar-refractivity contribution in [2.24, 2.45) is 5.92 Å². The summed E-state index contributed by atoms with van der Waals surface area (Å²) in [5, 5.41) is 10.2. The summed E-state index contributed by atoms with van der Waals surface area (Å²) in [4.78, 5) is 4.60. The first kappa shape index (κ1) is 14.3. The lowest BCUT2D eigenvalue weighted by molar-refractivity contribution is -0.0777. The maximum absolute atomic E-state index is 10.2. The molecule has 1 saturated carbocycles. The molecule has 0 bridgehead atoms. The van der Waals surface area contributed by atoms with Gasteiger partial charge in [0.25, 0.3) is 0 Å². The number of aliphatic hydroxyl groups is 1. The molecule has 0 amide bonds. The third kappa shape index (κ3) is 4.84. The Hall–Kier alpha value is -0.160. The molecule has 1 saturated heterocycles. The van der Waals surface area contributed by atoms with Crippen molar-refractivity contribution in [3.05, 3.63) is 0 Å². The second-order valence-corrected chi connectivity index (χ2v) is 6.29. The third-order valence-corrected chi connectivity index (χ3v) is 3.75. The Bertz CT molecular complexity index is 248. The monoisotopic (exact) mass is 256 g/mol. The fourth-order valence-corrected chi connectivity index (χ4v) is 2.96. The summed E-state index contributed by atoms with van der Waals surface area (Å²) in [6.45, 7) is 8.79. The zero-order valence-electron chi connectivity index (χ0n) is 12.0. The highest BCUT2D eigenvalue weighted by Gasteiger charge is 2.26. The largest absolute Gasteiger partial charge is 0.390 e. The number of β-amino-alcohol motifs (C(OH)–C–C–N with tert-alkyl or cyclic N) is 1. The molecule has 1 heterocycles. The first-order valence-corrected chi connectivity index (χ1v) is 7.27. The molecule has 1 N–H and O–H groups in total. The molecular formula is C14H28N2O2. The number of ether oxygens (including phenoxy) is 1. The van der Waals surface area contributed by atoms with E-state index in [1.165, 1.54) is 12.8 Å². The van der Waals surface area contributed by atoms with Crippen molar-refractivity contribution >= 4 is 0 Å². The van der Waals surface area contributed by atoms with Crippen molar-refractivity contribution < 1.29 is 9.84 Å². The van der Waals surface area contributed by atoms with Gasteiger partial charge in [0, 0.05) is 32.7 Å². The number of hydrogen-bond acceptors (Lipinski definition) is 4. The minimum absolute atomic E-state index is 0.244. The maximum Gasteiger partial charge on any atom is 0.0793 e. The Morgan fingerprint density at radius 2 is 1.89 bits per heavy atom. The summed E-state index contributed by atoms with van der Waals surface area (Å²) < 4.78 is 5.71. The molecule has 4 nitrogen and oxygen atoms in total. The highest BCUT2D eigenvalue weighted by Crippen LogP contribution is 2.29. The van der Waals surface area contributed by atoms with Gasteiger partial charge in [0.05, 0.1) is 18.3 Å². The smallest absolute Gasteiger partial charge is 0.0793 e. The predicted molar refractivity (Wildman–Crippen MR) is 72.7 cm³/mol. The summed E-state index contributed by atoms with van der Waals surface area (Å²) in [6, 6.07) is 0. The van der Waals surface area contributed by atoms with Crippen LogP contribution in [0.25, 0.3) is 0 Å². The molecule has 0 aromatic heterocycles. The van der Waals surface area contributed by atoms with E-state index < -0.39 is 0 Å². The molecule has 0 spiro atoms. The van der Waals surface area contributed by atoms with Crippen LogP contribution in [0.4, 0.5) is 0 Å². The quantitative estimate of drug-likeness (QED) is 0.762. The number of rotatable bonds is 6. The Balaban J connectivity index is 1.67. The lowest BCUT2D eigenvalue weighted by Gasteiger charge is -2.36. The van der Waals surface area contributed by atoms with Gasteiger partial charge in [0.15, 0.2) is 0 Å². The normalized spacial score (nSPS) is 31.8. The molecule has 1 aliphatic carbocycles. The molecule has 3 unspecified atom stereocenters. The minimum Gasteiger partial charge on any atom is -0.390 e. The standard InChI is InChI=1S/C14H28N2O2/c1-11-6-16(7-12(2)18-11)10-14(17)9-15(3)8-13-4-5-13/h11-14,17H,4-10H2,1-3H3. The number of aliphatic hydroxyl groups excluding tert-OH is 1. The second-order valence-electron chi connectivity index (χ2n) is 6.29. The molecular weight excluding hydrogens is 228 g/mol. The summed E-state index contributed by atoms with van der Waals surface area (Å²) in [5.41, 5.74) is 0. The van der Waals surface area contributed by atoms with E-state index in [0.717, 1.165) is 38.6 Å². The van der Waals surface area contributed by atoms with Gasteiger partial charge >= 0.3 is 0 Å². The lowest BCUT2D eigenvalue weighted by atomic mass is 10.2. The predicted octanol–water partition coefficient (Wildman–Crippen LogP) is 0.798. The Labute approximate surface area is 111 Å². The van der Waals surface area contributed by atoms with Crippen molar-refractivity contribution in [3.63, 3.8) is 0 Å². The topological polar surface area (TPSA) is 35.9 Å². The van der Waals surface area contributed by atoms with Crippen molar-refractivity contribution in [3.8, 4) is 0 Å². The van der Waals surface area contributed by atoms with E-state index in [9.17, 15) is 5.11 Å². The van der Waals surface area contributed by atoms with Crippen LogP contribution in [0, 0.1) is 5.92 Å². The summed E-state index contributed by atoms with van der Waals surface area (Å²) >= 11 is 0. The molecule has 2 fully saturated rings. The van der Waals surface area contributed by atoms with Gasteiger partial charge in [-0.3, -0.25) is 4.90 Å². The molecule has 0 aromatic rings. The van der Waals surface area contributed by atoms with E-state index in [4.69, 9.17) is 4.74 Å². The van der Waals surface area contributed by atoms with E-state index >= 15 is 0 Å². The zero-order chi connectivity index (χ0) is 13.1. The summed E-state index contributed by atoms with van der Waals surface area (Å²) in [6.07, 6.45) is 3.07. The minimum atomic E-state index is -0.244. The van der Waals surface area contributed by atoms with Crippen molar-refractivity contribution in [2.75, 3.05) is 39.8 Å². The van der Waals surface area contributed by atoms with Crippen LogP contribution in [0.3, 0.4) is 0 Å². The molecule has 106 valence electrons. The van der Waals surface area contributed by atoms with Gasteiger partial charge in [-0.15, -0.1) is 0 Å². The molecule has 0 radical (unpaired) electrons. The molecule has 0 aromatic carbocycles. The van der Waals surface area contributed by atoms with Crippen LogP contribution in [0.5, 0.6) is 0 Å². The molecule has 18 heavy (non-hydrogen) atoms. The van der Waals surface area contributed by atoms with Crippen LogP contribution in [0.15, 0.2) is 0 Å². The van der Waals surface area contributed by atoms with Crippen LogP contribution in [0.1, 0.15) is 26.7 Å². The van der Waals surface area contributed by atoms with Gasteiger partial charge < -0.3 is 14.7 Å². The molecule has 3 atom stereocenters. The van der Waals surface area contributed by atoms with Crippen LogP contribution in [-0.4, -0.2) is 73.0 Å². The van der Waals surface area contributed by atoms with Gasteiger partial charge in [0.2, 0.25) is 0 Å². The number of morpholine rings is 1. The SMILES string of the molecule is CC1CN(CC(O)CN(C)CC2CC2)CC(C)O1. The molecule has 4 heteroatoms. The zero-order valence-corrected chi connectivity index (χ0v) is 12.0. The van der Waals surface area contributed by atoms with Crippen molar-refractivity contribution in [1.29, 1.82) is 0 Å². The van der Waals surface area contributed by atoms with Crippen LogP contribution < -0.4 is 0 Å². The number of nitrogens with zero attached hydrogens (tertiary/aromatic N) is 2. The van der Waals surface area contributed by atoms with Crippen LogP contribution in [0.2, 0.25) is 0 Å². The summed E-state index contributed by atoms with van der Waals surface area (Å²) in [7, 11) is 2.12. The van der Waals surface area contributed by atoms with E-state index in [2.05, 4.69) is 30.7 Å². The van der Waals surface area contributed by atoms with E-state index in [0.29, 0.717) is 0 Å². The molecule has 1 aliphatic heterocycles. The Morgan fingerprint density at radius 1 is 1.28 bits per heavy atom. The fraction of sp³-hybridized carbons (Fsp3) is 1.00. The summed E-state index contributed by atoms with van der Waals surface area (Å²) in [5.74, 6) is 0.894. The third-order valence-electron chi connectivity index (χ3n) is 3.75.